The maximum atomic E-state index is 13.1. The van der Waals surface area contributed by atoms with Crippen LogP contribution in [0.3, 0.4) is 0 Å². The third kappa shape index (κ3) is 2.66. The molecule has 4 heterocycles. The second-order valence-corrected chi connectivity index (χ2v) is 7.40. The highest BCUT2D eigenvalue weighted by molar-refractivity contribution is 5.75. The van der Waals surface area contributed by atoms with E-state index in [0.717, 1.165) is 25.5 Å². The van der Waals surface area contributed by atoms with Crippen molar-refractivity contribution in [3.63, 3.8) is 0 Å². The maximum absolute atomic E-state index is 13.1. The molecule has 4 rings (SSSR count). The Morgan fingerprint density at radius 3 is 2.81 bits per heavy atom. The number of rotatable bonds is 4. The predicted octanol–water partition coefficient (Wildman–Crippen LogP) is 0.949. The summed E-state index contributed by atoms with van der Waals surface area (Å²) < 4.78 is 4.71. The van der Waals surface area contributed by atoms with E-state index in [2.05, 4.69) is 22.4 Å². The fourth-order valence-corrected chi connectivity index (χ4v) is 4.00. The van der Waals surface area contributed by atoms with Crippen LogP contribution < -0.4 is 21.5 Å². The summed E-state index contributed by atoms with van der Waals surface area (Å²) in [7, 11) is 1.68. The Bertz CT molecular complexity index is 1080. The van der Waals surface area contributed by atoms with Gasteiger partial charge in [-0.2, -0.15) is 4.98 Å². The molecule has 1 saturated heterocycles. The molecule has 2 aromatic rings. The Labute approximate surface area is 157 Å². The lowest BCUT2D eigenvalue weighted by Gasteiger charge is -2.20. The van der Waals surface area contributed by atoms with Crippen LogP contribution in [-0.4, -0.2) is 37.8 Å². The summed E-state index contributed by atoms with van der Waals surface area (Å²) in [6.45, 7) is 8.47. The molecule has 2 aliphatic rings. The number of fused-ring (bicyclic) bond motifs is 2. The zero-order valence-corrected chi connectivity index (χ0v) is 16.3. The highest BCUT2D eigenvalue weighted by atomic mass is 16.2. The fourth-order valence-electron chi connectivity index (χ4n) is 4.00. The van der Waals surface area contributed by atoms with Crippen LogP contribution >= 0.6 is 0 Å². The van der Waals surface area contributed by atoms with Crippen LogP contribution in [0, 0.1) is 0 Å². The number of imidazole rings is 1. The lowest BCUT2D eigenvalue weighted by Crippen LogP contribution is -2.39. The number of aromatic nitrogens is 4. The van der Waals surface area contributed by atoms with Gasteiger partial charge in [-0.25, -0.2) is 4.79 Å². The van der Waals surface area contributed by atoms with E-state index in [1.807, 2.05) is 25.3 Å². The second kappa shape index (κ2) is 6.53. The van der Waals surface area contributed by atoms with E-state index in [1.54, 1.807) is 7.05 Å². The van der Waals surface area contributed by atoms with E-state index < -0.39 is 0 Å². The van der Waals surface area contributed by atoms with Crippen molar-refractivity contribution in [1.29, 1.82) is 0 Å². The van der Waals surface area contributed by atoms with Gasteiger partial charge in [0.1, 0.15) is 0 Å². The third-order valence-corrected chi connectivity index (χ3v) is 5.44. The average molecular weight is 370 g/mol. The summed E-state index contributed by atoms with van der Waals surface area (Å²) in [6.07, 6.45) is 5.28. The number of allylic oxidation sites excluding steroid dienone is 2. The molecule has 0 spiro atoms. The Balaban J connectivity index is 2.01. The molecular formula is C19H26N6O2. The largest absolute Gasteiger partial charge is 0.332 e. The molecule has 1 N–H and O–H groups in total. The average Bonchev–Trinajstić information content (AvgIpc) is 3.32. The summed E-state index contributed by atoms with van der Waals surface area (Å²) in [5, 5.41) is 3.47. The molecule has 2 aromatic heterocycles. The molecule has 0 aliphatic carbocycles. The fraction of sp³-hybridized carbons (Fsp3) is 0.526. The molecule has 0 saturated carbocycles. The van der Waals surface area contributed by atoms with Crippen LogP contribution in [0.25, 0.3) is 11.2 Å². The van der Waals surface area contributed by atoms with Crippen molar-refractivity contribution in [3.05, 3.63) is 44.3 Å². The monoisotopic (exact) mass is 370 g/mol. The van der Waals surface area contributed by atoms with Crippen molar-refractivity contribution in [3.8, 4) is 0 Å². The van der Waals surface area contributed by atoms with Crippen molar-refractivity contribution in [1.82, 2.24) is 24.0 Å². The topological polar surface area (TPSA) is 77.1 Å². The molecule has 8 heteroatoms. The molecule has 144 valence electrons. The first-order valence-corrected chi connectivity index (χ1v) is 9.48. The molecule has 1 fully saturated rings. The summed E-state index contributed by atoms with van der Waals surface area (Å²) in [5.41, 5.74) is 2.72. The molecule has 0 amide bonds. The maximum Gasteiger partial charge on any atom is 0.332 e. The predicted molar refractivity (Wildman–Crippen MR) is 106 cm³/mol. The van der Waals surface area contributed by atoms with E-state index in [0.29, 0.717) is 30.3 Å². The van der Waals surface area contributed by atoms with Gasteiger partial charge in [-0.1, -0.05) is 11.6 Å². The number of nitrogens with zero attached hydrogens (tertiary/aromatic N) is 5. The molecule has 8 nitrogen and oxygen atoms in total. The van der Waals surface area contributed by atoms with Crippen molar-refractivity contribution in [2.24, 2.45) is 7.05 Å². The lowest BCUT2D eigenvalue weighted by molar-refractivity contribution is 0.634. The van der Waals surface area contributed by atoms with Crippen molar-refractivity contribution in [2.45, 2.75) is 46.3 Å². The Morgan fingerprint density at radius 1 is 1.33 bits per heavy atom. The highest BCUT2D eigenvalue weighted by Crippen LogP contribution is 2.31. The standard InChI is InChI=1S/C19H26N6O2/c1-5-23-17(26)15-16(22(4)19(23)27)21-18(25(15)10-7-12(2)3)24-11-8-13-14(24)6-9-20-13/h6-7,13,20H,5,8-11H2,1-4H3. The Morgan fingerprint density at radius 2 is 2.11 bits per heavy atom. The Kier molecular flexibility index (Phi) is 4.30. The van der Waals surface area contributed by atoms with Crippen molar-refractivity contribution >= 4 is 17.1 Å². The van der Waals surface area contributed by atoms with Crippen LogP contribution in [-0.2, 0) is 20.1 Å². The minimum Gasteiger partial charge on any atom is -0.314 e. The van der Waals surface area contributed by atoms with Gasteiger partial charge in [0, 0.05) is 45.0 Å². The van der Waals surface area contributed by atoms with Gasteiger partial charge in [-0.3, -0.25) is 13.9 Å². The molecule has 1 atom stereocenters. The van der Waals surface area contributed by atoms with Gasteiger partial charge in [0.25, 0.3) is 5.56 Å². The number of hydrogen-bond donors (Lipinski definition) is 1. The first-order chi connectivity index (χ1) is 12.9. The van der Waals surface area contributed by atoms with E-state index in [1.165, 1.54) is 20.4 Å². The van der Waals surface area contributed by atoms with Gasteiger partial charge in [0.15, 0.2) is 11.2 Å². The minimum absolute atomic E-state index is 0.272. The van der Waals surface area contributed by atoms with E-state index in [-0.39, 0.29) is 11.2 Å². The van der Waals surface area contributed by atoms with E-state index in [9.17, 15) is 9.59 Å². The molecule has 0 bridgehead atoms. The number of aryl methyl sites for hydroxylation is 1. The molecule has 1 unspecified atom stereocenters. The third-order valence-electron chi connectivity index (χ3n) is 5.44. The zero-order chi connectivity index (χ0) is 19.3. The van der Waals surface area contributed by atoms with Gasteiger partial charge in [-0.15, -0.1) is 0 Å². The van der Waals surface area contributed by atoms with Crippen LogP contribution in [0.2, 0.25) is 0 Å². The normalized spacial score (nSPS) is 18.9. The van der Waals surface area contributed by atoms with Crippen LogP contribution in [0.5, 0.6) is 0 Å². The Hall–Kier alpha value is -2.61. The second-order valence-electron chi connectivity index (χ2n) is 7.40. The first-order valence-electron chi connectivity index (χ1n) is 9.48. The SMILES string of the molecule is CCn1c(=O)c2c(nc(N3CCC4NCC=C43)n2CC=C(C)C)n(C)c1=O. The molecule has 2 aliphatic heterocycles. The summed E-state index contributed by atoms with van der Waals surface area (Å²) in [4.78, 5) is 32.6. The quantitative estimate of drug-likeness (QED) is 0.811. The minimum atomic E-state index is -0.325. The molecule has 0 aromatic carbocycles. The summed E-state index contributed by atoms with van der Waals surface area (Å²) >= 11 is 0. The highest BCUT2D eigenvalue weighted by Gasteiger charge is 2.34. The van der Waals surface area contributed by atoms with Gasteiger partial charge in [0.2, 0.25) is 5.95 Å². The number of anilines is 1. The van der Waals surface area contributed by atoms with Gasteiger partial charge >= 0.3 is 5.69 Å². The molecular weight excluding hydrogens is 344 g/mol. The van der Waals surface area contributed by atoms with Gasteiger partial charge in [0.05, 0.1) is 0 Å². The summed E-state index contributed by atoms with van der Waals surface area (Å²) in [6, 6.07) is 0.345. The van der Waals surface area contributed by atoms with E-state index >= 15 is 0 Å². The molecule has 27 heavy (non-hydrogen) atoms. The number of hydrogen-bond acceptors (Lipinski definition) is 5. The van der Waals surface area contributed by atoms with Crippen LogP contribution in [0.15, 0.2) is 33.0 Å². The van der Waals surface area contributed by atoms with Crippen molar-refractivity contribution < 1.29 is 0 Å². The van der Waals surface area contributed by atoms with Crippen LogP contribution in [0.1, 0.15) is 27.2 Å². The first kappa shape index (κ1) is 17.8. The molecule has 0 radical (unpaired) electrons. The van der Waals surface area contributed by atoms with Gasteiger partial charge in [-0.05, 0) is 33.3 Å². The van der Waals surface area contributed by atoms with E-state index in [4.69, 9.17) is 4.98 Å². The lowest BCUT2D eigenvalue weighted by atomic mass is 10.2. The number of nitrogens with one attached hydrogen (secondary N) is 1. The van der Waals surface area contributed by atoms with Crippen molar-refractivity contribution in [2.75, 3.05) is 18.0 Å². The van der Waals surface area contributed by atoms with Crippen LogP contribution in [0.4, 0.5) is 5.95 Å². The zero-order valence-electron chi connectivity index (χ0n) is 16.3. The smallest absolute Gasteiger partial charge is 0.314 e. The van der Waals surface area contributed by atoms with Gasteiger partial charge < -0.3 is 14.8 Å². The summed E-state index contributed by atoms with van der Waals surface area (Å²) in [5.74, 6) is 0.737.